The van der Waals surface area contributed by atoms with Gasteiger partial charge < -0.3 is 14.8 Å². The molecule has 0 fully saturated rings. The highest BCUT2D eigenvalue weighted by atomic mass is 32.1. The van der Waals surface area contributed by atoms with Gasteiger partial charge in [-0.05, 0) is 36.7 Å². The Labute approximate surface area is 157 Å². The second-order valence-corrected chi connectivity index (χ2v) is 7.00. The molecule has 0 aliphatic heterocycles. The van der Waals surface area contributed by atoms with Crippen LogP contribution in [-0.4, -0.2) is 12.1 Å². The number of carbonyl (C=O) groups excluding carboxylic acids is 1. The lowest BCUT2D eigenvalue weighted by Crippen LogP contribution is -2.34. The zero-order valence-electron chi connectivity index (χ0n) is 14.8. The molecule has 1 aromatic heterocycles. The van der Waals surface area contributed by atoms with Crippen molar-refractivity contribution < 1.29 is 14.3 Å². The van der Waals surface area contributed by atoms with E-state index in [9.17, 15) is 4.79 Å². The maximum atomic E-state index is 11.7. The van der Waals surface area contributed by atoms with Crippen molar-refractivity contribution in [1.82, 2.24) is 5.32 Å². The fourth-order valence-corrected chi connectivity index (χ4v) is 3.64. The van der Waals surface area contributed by atoms with E-state index in [-0.39, 0.29) is 12.1 Å². The SMILES string of the molecule is C[CH]OC(=O)NC(C)C[C@H](Oc1cccc2ccccc12)c1cccs1. The lowest BCUT2D eigenvalue weighted by atomic mass is 10.1. The number of fused-ring (bicyclic) bond motifs is 1. The average molecular weight is 368 g/mol. The quantitative estimate of drug-likeness (QED) is 0.581. The highest BCUT2D eigenvalue weighted by molar-refractivity contribution is 7.10. The Morgan fingerprint density at radius 1 is 1.15 bits per heavy atom. The molecule has 1 radical (unpaired) electrons. The van der Waals surface area contributed by atoms with Crippen LogP contribution in [0.2, 0.25) is 0 Å². The van der Waals surface area contributed by atoms with Crippen molar-refractivity contribution in [3.63, 3.8) is 0 Å². The van der Waals surface area contributed by atoms with Gasteiger partial charge in [0.15, 0.2) is 0 Å². The highest BCUT2D eigenvalue weighted by Gasteiger charge is 2.20. The fraction of sp³-hybridized carbons (Fsp3) is 0.238. The summed E-state index contributed by atoms with van der Waals surface area (Å²) in [5, 5.41) is 7.09. The summed E-state index contributed by atoms with van der Waals surface area (Å²) in [5.41, 5.74) is 0. The van der Waals surface area contributed by atoms with Gasteiger partial charge in [-0.15, -0.1) is 11.3 Å². The summed E-state index contributed by atoms with van der Waals surface area (Å²) in [7, 11) is 0. The molecular weight excluding hydrogens is 346 g/mol. The summed E-state index contributed by atoms with van der Waals surface area (Å²) in [5.74, 6) is 0.846. The Hall–Kier alpha value is -2.53. The molecule has 0 spiro atoms. The van der Waals surface area contributed by atoms with E-state index in [2.05, 4.69) is 29.6 Å². The Morgan fingerprint density at radius 2 is 1.96 bits per heavy atom. The van der Waals surface area contributed by atoms with Gasteiger partial charge in [0.05, 0.1) is 0 Å². The summed E-state index contributed by atoms with van der Waals surface area (Å²) in [6.07, 6.45) is 0.0412. The van der Waals surface area contributed by atoms with Crippen molar-refractivity contribution in [3.05, 3.63) is 71.5 Å². The number of benzene rings is 2. The van der Waals surface area contributed by atoms with E-state index in [0.29, 0.717) is 6.42 Å². The first-order valence-electron chi connectivity index (χ1n) is 8.60. The van der Waals surface area contributed by atoms with Gasteiger partial charge in [-0.25, -0.2) is 4.79 Å². The van der Waals surface area contributed by atoms with Crippen molar-refractivity contribution in [2.45, 2.75) is 32.4 Å². The van der Waals surface area contributed by atoms with Gasteiger partial charge in [0, 0.05) is 22.7 Å². The molecule has 0 saturated carbocycles. The van der Waals surface area contributed by atoms with E-state index in [0.717, 1.165) is 21.4 Å². The number of hydrogen-bond acceptors (Lipinski definition) is 4. The van der Waals surface area contributed by atoms with Crippen LogP contribution in [0.4, 0.5) is 4.79 Å². The van der Waals surface area contributed by atoms with E-state index in [1.807, 2.05) is 42.6 Å². The van der Waals surface area contributed by atoms with E-state index in [1.165, 1.54) is 6.61 Å². The van der Waals surface area contributed by atoms with Crippen LogP contribution < -0.4 is 10.1 Å². The molecule has 1 amide bonds. The smallest absolute Gasteiger partial charge is 0.407 e. The summed E-state index contributed by atoms with van der Waals surface area (Å²) >= 11 is 1.65. The minimum atomic E-state index is -0.449. The molecule has 135 valence electrons. The van der Waals surface area contributed by atoms with Gasteiger partial charge in [0.25, 0.3) is 0 Å². The molecular formula is C21H22NO3S. The number of ether oxygens (including phenoxy) is 2. The molecule has 0 aliphatic carbocycles. The monoisotopic (exact) mass is 368 g/mol. The number of amides is 1. The topological polar surface area (TPSA) is 47.6 Å². The number of alkyl carbamates (subject to hydrolysis) is 1. The van der Waals surface area contributed by atoms with Crippen LogP contribution in [0, 0.1) is 6.61 Å². The van der Waals surface area contributed by atoms with E-state index < -0.39 is 6.09 Å². The van der Waals surface area contributed by atoms with E-state index in [1.54, 1.807) is 18.3 Å². The van der Waals surface area contributed by atoms with Gasteiger partial charge >= 0.3 is 6.09 Å². The first-order valence-corrected chi connectivity index (χ1v) is 9.48. The Bertz CT molecular complexity index is 842. The first-order chi connectivity index (χ1) is 12.7. The summed E-state index contributed by atoms with van der Waals surface area (Å²) < 4.78 is 11.2. The molecule has 5 heteroatoms. The molecule has 3 rings (SSSR count). The van der Waals surface area contributed by atoms with Gasteiger partial charge in [0.2, 0.25) is 0 Å². The normalized spacial score (nSPS) is 13.2. The number of nitrogens with one attached hydrogen (secondary N) is 1. The maximum Gasteiger partial charge on any atom is 0.407 e. The third-order valence-corrected chi connectivity index (χ3v) is 5.00. The van der Waals surface area contributed by atoms with Crippen molar-refractivity contribution in [2.24, 2.45) is 0 Å². The van der Waals surface area contributed by atoms with Gasteiger partial charge in [-0.1, -0.05) is 42.5 Å². The third-order valence-electron chi connectivity index (χ3n) is 4.04. The molecule has 3 aromatic rings. The summed E-state index contributed by atoms with van der Waals surface area (Å²) in [6.45, 7) is 4.98. The number of thiophene rings is 1. The lowest BCUT2D eigenvalue weighted by molar-refractivity contribution is 0.157. The van der Waals surface area contributed by atoms with Crippen molar-refractivity contribution in [2.75, 3.05) is 0 Å². The number of hydrogen-bond donors (Lipinski definition) is 1. The number of carbonyl (C=O) groups is 1. The Balaban J connectivity index is 1.80. The summed E-state index contributed by atoms with van der Waals surface area (Å²) in [4.78, 5) is 12.8. The molecule has 4 nitrogen and oxygen atoms in total. The molecule has 26 heavy (non-hydrogen) atoms. The molecule has 1 heterocycles. The van der Waals surface area contributed by atoms with Crippen LogP contribution in [0.25, 0.3) is 10.8 Å². The van der Waals surface area contributed by atoms with Gasteiger partial charge in [-0.3, -0.25) is 0 Å². The molecule has 0 saturated heterocycles. The fourth-order valence-electron chi connectivity index (χ4n) is 2.87. The van der Waals surface area contributed by atoms with E-state index in [4.69, 9.17) is 9.47 Å². The van der Waals surface area contributed by atoms with Crippen molar-refractivity contribution >= 4 is 28.2 Å². The molecule has 2 aromatic carbocycles. The maximum absolute atomic E-state index is 11.7. The van der Waals surface area contributed by atoms with Gasteiger partial charge in [-0.2, -0.15) is 0 Å². The molecule has 0 bridgehead atoms. The molecule has 2 atom stereocenters. The minimum Gasteiger partial charge on any atom is -0.484 e. The third kappa shape index (κ3) is 4.55. The van der Waals surface area contributed by atoms with Gasteiger partial charge in [0.1, 0.15) is 18.5 Å². The lowest BCUT2D eigenvalue weighted by Gasteiger charge is -2.23. The second-order valence-electron chi connectivity index (χ2n) is 6.02. The van der Waals surface area contributed by atoms with Crippen LogP contribution in [0.5, 0.6) is 5.75 Å². The van der Waals surface area contributed by atoms with E-state index >= 15 is 0 Å². The first kappa shape index (κ1) is 18.3. The van der Waals surface area contributed by atoms with Crippen LogP contribution in [0.3, 0.4) is 0 Å². The molecule has 1 unspecified atom stereocenters. The highest BCUT2D eigenvalue weighted by Crippen LogP contribution is 2.33. The van der Waals surface area contributed by atoms with Crippen molar-refractivity contribution in [1.29, 1.82) is 0 Å². The van der Waals surface area contributed by atoms with Crippen LogP contribution >= 0.6 is 11.3 Å². The molecule has 1 N–H and O–H groups in total. The average Bonchev–Trinajstić information content (AvgIpc) is 3.16. The van der Waals surface area contributed by atoms with Crippen LogP contribution in [0.15, 0.2) is 60.0 Å². The number of rotatable bonds is 7. The zero-order chi connectivity index (χ0) is 18.4. The minimum absolute atomic E-state index is 0.0930. The summed E-state index contributed by atoms with van der Waals surface area (Å²) in [6, 6.07) is 18.2. The largest absolute Gasteiger partial charge is 0.484 e. The predicted molar refractivity (Wildman–Crippen MR) is 105 cm³/mol. The van der Waals surface area contributed by atoms with Crippen LogP contribution in [-0.2, 0) is 4.74 Å². The zero-order valence-corrected chi connectivity index (χ0v) is 15.7. The van der Waals surface area contributed by atoms with Crippen LogP contribution in [0.1, 0.15) is 31.2 Å². The Kier molecular flexibility index (Phi) is 6.12. The standard InChI is InChI=1S/C21H22NO3S/c1-3-24-21(23)22-15(2)14-19(20-12-7-13-26-20)25-18-11-6-9-16-8-4-5-10-17(16)18/h3-13,15,19H,14H2,1-2H3,(H,22,23)/t15?,19-/m0/s1. The predicted octanol–water partition coefficient (Wildman–Crippen LogP) is 5.71. The second kappa shape index (κ2) is 8.72. The van der Waals surface area contributed by atoms with Crippen molar-refractivity contribution in [3.8, 4) is 5.75 Å². The molecule has 0 aliphatic rings. The Morgan fingerprint density at radius 3 is 2.73 bits per heavy atom.